The first-order valence-electron chi connectivity index (χ1n) is 19.9. The summed E-state index contributed by atoms with van der Waals surface area (Å²) in [6.45, 7) is 3.69. The minimum absolute atomic E-state index is 0.256. The van der Waals surface area contributed by atoms with Gasteiger partial charge in [0.25, 0.3) is 0 Å². The van der Waals surface area contributed by atoms with Gasteiger partial charge in [-0.3, -0.25) is 13.8 Å². The first-order chi connectivity index (χ1) is 24.8. The maximum absolute atomic E-state index is 12.9. The van der Waals surface area contributed by atoms with Crippen molar-refractivity contribution in [2.24, 2.45) is 0 Å². The number of carbonyl (C=O) groups is 1. The Hall–Kier alpha value is -1.22. The molecule has 1 aliphatic rings. The van der Waals surface area contributed by atoms with Crippen LogP contribution in [0.1, 0.15) is 149 Å². The lowest BCUT2D eigenvalue weighted by Gasteiger charge is -2.41. The molecule has 8 atom stereocenters. The van der Waals surface area contributed by atoms with Crippen molar-refractivity contribution in [3.05, 3.63) is 24.3 Å². The number of aliphatic hydroxyl groups is 7. The average Bonchev–Trinajstić information content (AvgIpc) is 3.11. The molecule has 9 N–H and O–H groups in total. The number of nitrogens with one attached hydrogen (secondary N) is 1. The summed E-state index contributed by atoms with van der Waals surface area (Å²) in [4.78, 5) is 23.2. The SMILES string of the molecule is CCCCCCCC/C=C\C/C=C\C(O)CC(=O)NC(COP(=O)(O)OC1C(O)C(O)C(O)C(O)C1O)C(O)CCCCCCCCCCCCC. The van der Waals surface area contributed by atoms with Crippen LogP contribution in [-0.2, 0) is 18.4 Å². The van der Waals surface area contributed by atoms with E-state index in [-0.39, 0.29) is 12.8 Å². The van der Waals surface area contributed by atoms with Gasteiger partial charge in [0.15, 0.2) is 0 Å². The molecule has 8 unspecified atom stereocenters. The van der Waals surface area contributed by atoms with Gasteiger partial charge in [-0.1, -0.05) is 141 Å². The van der Waals surface area contributed by atoms with Crippen LogP contribution in [-0.4, -0.2) is 108 Å². The van der Waals surface area contributed by atoms with Crippen LogP contribution in [0.4, 0.5) is 0 Å². The highest BCUT2D eigenvalue weighted by atomic mass is 31.2. The Morgan fingerprint density at radius 2 is 1.17 bits per heavy atom. The predicted molar refractivity (Wildman–Crippen MR) is 201 cm³/mol. The van der Waals surface area contributed by atoms with Gasteiger partial charge in [0.05, 0.1) is 31.3 Å². The second-order valence-electron chi connectivity index (χ2n) is 14.3. The number of hydrogen-bond acceptors (Lipinski definition) is 11. The monoisotopic (exact) mass is 765 g/mol. The first kappa shape index (κ1) is 48.8. The highest BCUT2D eigenvalue weighted by molar-refractivity contribution is 7.47. The average molecular weight is 766 g/mol. The Morgan fingerprint density at radius 1 is 0.692 bits per heavy atom. The van der Waals surface area contributed by atoms with E-state index >= 15 is 0 Å². The zero-order valence-electron chi connectivity index (χ0n) is 31.7. The summed E-state index contributed by atoms with van der Waals surface area (Å²) >= 11 is 0. The van der Waals surface area contributed by atoms with Crippen molar-refractivity contribution in [1.29, 1.82) is 0 Å². The fraction of sp³-hybridized carbons (Fsp3) is 0.868. The van der Waals surface area contributed by atoms with E-state index in [1.165, 1.54) is 76.7 Å². The maximum Gasteiger partial charge on any atom is 0.472 e. The fourth-order valence-electron chi connectivity index (χ4n) is 6.24. The van der Waals surface area contributed by atoms with Gasteiger partial charge in [0.1, 0.15) is 36.6 Å². The molecule has 52 heavy (non-hydrogen) atoms. The molecule has 1 saturated carbocycles. The summed E-state index contributed by atoms with van der Waals surface area (Å²) in [5, 5.41) is 74.0. The molecular weight excluding hydrogens is 693 g/mol. The van der Waals surface area contributed by atoms with Crippen molar-refractivity contribution in [2.75, 3.05) is 6.61 Å². The van der Waals surface area contributed by atoms with Crippen LogP contribution in [0.25, 0.3) is 0 Å². The van der Waals surface area contributed by atoms with Gasteiger partial charge < -0.3 is 46.0 Å². The van der Waals surface area contributed by atoms with Crippen LogP contribution in [0.15, 0.2) is 24.3 Å². The minimum atomic E-state index is -5.12. The molecule has 14 heteroatoms. The third-order valence-corrected chi connectivity index (χ3v) is 10.6. The highest BCUT2D eigenvalue weighted by Crippen LogP contribution is 2.47. The molecule has 0 aromatic rings. The third-order valence-electron chi connectivity index (χ3n) is 9.58. The molecule has 1 rings (SSSR count). The predicted octanol–water partition coefficient (Wildman–Crippen LogP) is 4.86. The Morgan fingerprint density at radius 3 is 1.71 bits per heavy atom. The molecule has 0 aromatic heterocycles. The van der Waals surface area contributed by atoms with E-state index in [2.05, 4.69) is 25.2 Å². The summed E-state index contributed by atoms with van der Waals surface area (Å²) in [6, 6.07) is -1.18. The summed E-state index contributed by atoms with van der Waals surface area (Å²) in [5.41, 5.74) is 0. The summed E-state index contributed by atoms with van der Waals surface area (Å²) in [6.07, 6.45) is 14.2. The Bertz CT molecular complexity index is 1000. The molecule has 1 fully saturated rings. The van der Waals surface area contributed by atoms with E-state index in [1.54, 1.807) is 6.08 Å². The zero-order chi connectivity index (χ0) is 38.8. The lowest BCUT2D eigenvalue weighted by Crippen LogP contribution is -2.64. The van der Waals surface area contributed by atoms with Crippen LogP contribution < -0.4 is 5.32 Å². The van der Waals surface area contributed by atoms with Crippen LogP contribution >= 0.6 is 7.82 Å². The molecule has 0 aliphatic heterocycles. The number of phosphoric acid groups is 1. The number of aliphatic hydroxyl groups excluding tert-OH is 7. The van der Waals surface area contributed by atoms with Crippen molar-refractivity contribution in [3.63, 3.8) is 0 Å². The lowest BCUT2D eigenvalue weighted by molar-refractivity contribution is -0.220. The molecule has 13 nitrogen and oxygen atoms in total. The summed E-state index contributed by atoms with van der Waals surface area (Å²) < 4.78 is 22.7. The molecule has 0 aromatic carbocycles. The van der Waals surface area contributed by atoms with Crippen molar-refractivity contribution in [2.45, 2.75) is 204 Å². The van der Waals surface area contributed by atoms with Gasteiger partial charge >= 0.3 is 7.82 Å². The topological polar surface area (TPSA) is 226 Å². The molecular formula is C38H72NO12P. The number of phosphoric ester groups is 1. The van der Waals surface area contributed by atoms with Gasteiger partial charge in [-0.15, -0.1) is 0 Å². The molecule has 306 valence electrons. The van der Waals surface area contributed by atoms with E-state index in [1.807, 2.05) is 6.08 Å². The van der Waals surface area contributed by atoms with Crippen molar-refractivity contribution in [1.82, 2.24) is 5.32 Å². The first-order valence-corrected chi connectivity index (χ1v) is 21.4. The van der Waals surface area contributed by atoms with Crippen LogP contribution in [0, 0.1) is 0 Å². The number of amides is 1. The van der Waals surface area contributed by atoms with Crippen LogP contribution in [0.3, 0.4) is 0 Å². The van der Waals surface area contributed by atoms with Crippen molar-refractivity contribution in [3.8, 4) is 0 Å². The molecule has 1 aliphatic carbocycles. The molecule has 0 radical (unpaired) electrons. The van der Waals surface area contributed by atoms with Gasteiger partial charge in [0, 0.05) is 0 Å². The van der Waals surface area contributed by atoms with Crippen LogP contribution in [0.5, 0.6) is 0 Å². The van der Waals surface area contributed by atoms with E-state index in [0.29, 0.717) is 12.8 Å². The Balaban J connectivity index is 2.68. The fourth-order valence-corrected chi connectivity index (χ4v) is 7.21. The van der Waals surface area contributed by atoms with E-state index in [9.17, 15) is 50.0 Å². The largest absolute Gasteiger partial charge is 0.472 e. The number of allylic oxidation sites excluding steroid dienone is 3. The van der Waals surface area contributed by atoms with Gasteiger partial charge in [-0.25, -0.2) is 4.57 Å². The van der Waals surface area contributed by atoms with Gasteiger partial charge in [-0.2, -0.15) is 0 Å². The zero-order valence-corrected chi connectivity index (χ0v) is 32.6. The van der Waals surface area contributed by atoms with E-state index in [4.69, 9.17) is 9.05 Å². The molecule has 0 bridgehead atoms. The maximum atomic E-state index is 12.9. The van der Waals surface area contributed by atoms with Crippen molar-refractivity contribution < 1.29 is 59.0 Å². The van der Waals surface area contributed by atoms with E-state index in [0.717, 1.165) is 38.5 Å². The van der Waals surface area contributed by atoms with E-state index < -0.39 is 75.2 Å². The third kappa shape index (κ3) is 21.6. The summed E-state index contributed by atoms with van der Waals surface area (Å²) in [7, 11) is -5.12. The lowest BCUT2D eigenvalue weighted by atomic mass is 9.85. The van der Waals surface area contributed by atoms with Gasteiger partial charge in [0.2, 0.25) is 5.91 Å². The number of rotatable bonds is 31. The Labute approximate surface area is 312 Å². The van der Waals surface area contributed by atoms with Gasteiger partial charge in [-0.05, 0) is 25.7 Å². The number of hydrogen-bond donors (Lipinski definition) is 9. The molecule has 0 heterocycles. The summed E-state index contributed by atoms with van der Waals surface area (Å²) in [5.74, 6) is -0.630. The van der Waals surface area contributed by atoms with Crippen molar-refractivity contribution >= 4 is 13.7 Å². The molecule has 0 spiro atoms. The highest BCUT2D eigenvalue weighted by Gasteiger charge is 2.51. The number of carbonyl (C=O) groups excluding carboxylic acids is 1. The minimum Gasteiger partial charge on any atom is -0.391 e. The second kappa shape index (κ2) is 29.1. The van der Waals surface area contributed by atoms with Crippen LogP contribution in [0.2, 0.25) is 0 Å². The second-order valence-corrected chi connectivity index (χ2v) is 15.7. The number of unbranched alkanes of at least 4 members (excludes halogenated alkanes) is 16. The Kier molecular flexibility index (Phi) is 27.3. The standard InChI is InChI=1S/C38H72NO12P/c1-3-5-7-9-11-13-15-17-19-21-23-25-29(40)27-32(42)39-30(31(41)26-24-22-20-18-16-14-12-10-8-6-4-2)28-50-52(48,49)51-38-36(46)34(44)33(43)35(45)37(38)47/h17,19,23,25,29-31,33-38,40-41,43-47H,3-16,18,20-22,24,26-28H2,1-2H3,(H,39,42)(H,48,49)/b19-17-,25-23-. The quantitative estimate of drug-likeness (QED) is 0.0262. The molecule has 0 saturated heterocycles. The smallest absolute Gasteiger partial charge is 0.391 e. The molecule has 1 amide bonds. The normalized spacial score (nSPS) is 25.3.